The molecule has 1 heterocycles. The quantitative estimate of drug-likeness (QED) is 0.821. The van der Waals surface area contributed by atoms with Crippen molar-refractivity contribution in [3.63, 3.8) is 0 Å². The van der Waals surface area contributed by atoms with E-state index in [2.05, 4.69) is 4.90 Å². The molecule has 1 aliphatic heterocycles. The van der Waals surface area contributed by atoms with Crippen molar-refractivity contribution in [3.8, 4) is 0 Å². The van der Waals surface area contributed by atoms with Crippen molar-refractivity contribution < 1.29 is 9.90 Å². The summed E-state index contributed by atoms with van der Waals surface area (Å²) in [6.45, 7) is 0.974. The van der Waals surface area contributed by atoms with Gasteiger partial charge in [-0.25, -0.2) is 0 Å². The number of hydrogen-bond acceptors (Lipinski definition) is 2. The van der Waals surface area contributed by atoms with E-state index in [4.69, 9.17) is 5.11 Å². The number of hydrogen-bond donors (Lipinski definition) is 1. The van der Waals surface area contributed by atoms with E-state index >= 15 is 0 Å². The average molecular weight is 205 g/mol. The van der Waals surface area contributed by atoms with E-state index in [9.17, 15) is 4.79 Å². The fourth-order valence-corrected chi connectivity index (χ4v) is 2.21. The van der Waals surface area contributed by atoms with Gasteiger partial charge in [-0.15, -0.1) is 0 Å². The third-order valence-corrected chi connectivity index (χ3v) is 2.88. The Balaban J connectivity index is 2.11. The molecule has 0 radical (unpaired) electrons. The Morgan fingerprint density at radius 2 is 2.13 bits per heavy atom. The first-order valence-electron chi connectivity index (χ1n) is 5.31. The molecule has 0 bridgehead atoms. The van der Waals surface area contributed by atoms with Crippen LogP contribution in [0.5, 0.6) is 0 Å². The van der Waals surface area contributed by atoms with Crippen molar-refractivity contribution in [3.05, 3.63) is 30.3 Å². The lowest BCUT2D eigenvalue weighted by Crippen LogP contribution is -2.31. The number of carbonyl (C=O) groups is 1. The molecule has 0 amide bonds. The molecule has 1 saturated heterocycles. The minimum atomic E-state index is -0.706. The molecule has 15 heavy (non-hydrogen) atoms. The highest BCUT2D eigenvalue weighted by molar-refractivity contribution is 5.68. The molecule has 0 spiro atoms. The Hall–Kier alpha value is -1.51. The number of benzene rings is 1. The molecule has 1 aromatic carbocycles. The monoisotopic (exact) mass is 205 g/mol. The van der Waals surface area contributed by atoms with E-state index in [1.54, 1.807) is 0 Å². The normalized spacial score (nSPS) is 20.5. The Bertz CT molecular complexity index is 337. The summed E-state index contributed by atoms with van der Waals surface area (Å²) in [5.74, 6) is -0.706. The van der Waals surface area contributed by atoms with Crippen LogP contribution in [-0.4, -0.2) is 23.7 Å². The zero-order chi connectivity index (χ0) is 10.7. The van der Waals surface area contributed by atoms with Crippen LogP contribution in [0, 0.1) is 0 Å². The molecule has 2 rings (SSSR count). The molecule has 1 atom stereocenters. The summed E-state index contributed by atoms with van der Waals surface area (Å²) in [7, 11) is 0. The zero-order valence-corrected chi connectivity index (χ0v) is 8.60. The number of rotatable bonds is 3. The van der Waals surface area contributed by atoms with E-state index in [1.165, 1.54) is 0 Å². The van der Waals surface area contributed by atoms with E-state index < -0.39 is 5.97 Å². The van der Waals surface area contributed by atoms with Crippen LogP contribution < -0.4 is 4.90 Å². The standard InChI is InChI=1S/C12H15NO2/c14-12(15)9-11-7-4-8-13(11)10-5-2-1-3-6-10/h1-3,5-6,11H,4,7-9H2,(H,14,15). The van der Waals surface area contributed by atoms with E-state index in [1.807, 2.05) is 30.3 Å². The molecule has 80 valence electrons. The Labute approximate surface area is 89.3 Å². The van der Waals surface area contributed by atoms with Gasteiger partial charge in [-0.1, -0.05) is 18.2 Å². The Morgan fingerprint density at radius 3 is 2.80 bits per heavy atom. The number of aliphatic carboxylic acids is 1. The first-order chi connectivity index (χ1) is 7.27. The van der Waals surface area contributed by atoms with Gasteiger partial charge < -0.3 is 10.0 Å². The third kappa shape index (κ3) is 2.29. The van der Waals surface area contributed by atoms with Gasteiger partial charge in [0.1, 0.15) is 0 Å². The van der Waals surface area contributed by atoms with Crippen molar-refractivity contribution in [2.45, 2.75) is 25.3 Å². The van der Waals surface area contributed by atoms with Gasteiger partial charge in [-0.05, 0) is 25.0 Å². The van der Waals surface area contributed by atoms with Crippen LogP contribution in [0.1, 0.15) is 19.3 Å². The number of carboxylic acid groups (broad SMARTS) is 1. The van der Waals surface area contributed by atoms with Gasteiger partial charge in [0.15, 0.2) is 0 Å². The number of carboxylic acids is 1. The van der Waals surface area contributed by atoms with Crippen molar-refractivity contribution >= 4 is 11.7 Å². The molecular weight excluding hydrogens is 190 g/mol. The van der Waals surface area contributed by atoms with Gasteiger partial charge in [0.2, 0.25) is 0 Å². The summed E-state index contributed by atoms with van der Waals surface area (Å²) >= 11 is 0. The van der Waals surface area contributed by atoms with Gasteiger partial charge in [0.05, 0.1) is 6.42 Å². The summed E-state index contributed by atoms with van der Waals surface area (Å²) < 4.78 is 0. The second kappa shape index (κ2) is 4.34. The summed E-state index contributed by atoms with van der Waals surface area (Å²) in [6.07, 6.45) is 2.32. The van der Waals surface area contributed by atoms with Crippen molar-refractivity contribution in [2.75, 3.05) is 11.4 Å². The Kier molecular flexibility index (Phi) is 2.90. The lowest BCUT2D eigenvalue weighted by atomic mass is 10.1. The van der Waals surface area contributed by atoms with Crippen molar-refractivity contribution in [1.29, 1.82) is 0 Å². The fourth-order valence-electron chi connectivity index (χ4n) is 2.21. The maximum absolute atomic E-state index is 10.7. The van der Waals surface area contributed by atoms with Gasteiger partial charge in [-0.2, -0.15) is 0 Å². The highest BCUT2D eigenvalue weighted by atomic mass is 16.4. The molecular formula is C12H15NO2. The number of nitrogens with zero attached hydrogens (tertiary/aromatic N) is 1. The van der Waals surface area contributed by atoms with E-state index in [0.717, 1.165) is 25.1 Å². The third-order valence-electron chi connectivity index (χ3n) is 2.88. The average Bonchev–Trinajstić information content (AvgIpc) is 2.66. The maximum Gasteiger partial charge on any atom is 0.305 e. The maximum atomic E-state index is 10.7. The summed E-state index contributed by atoms with van der Waals surface area (Å²) in [6, 6.07) is 10.2. The van der Waals surface area contributed by atoms with E-state index in [-0.39, 0.29) is 12.5 Å². The predicted molar refractivity (Wildman–Crippen MR) is 59.1 cm³/mol. The van der Waals surface area contributed by atoms with Crippen LogP contribution in [0.25, 0.3) is 0 Å². The molecule has 1 N–H and O–H groups in total. The highest BCUT2D eigenvalue weighted by Gasteiger charge is 2.26. The first-order valence-corrected chi connectivity index (χ1v) is 5.31. The first kappa shape index (κ1) is 10.0. The van der Waals surface area contributed by atoms with Crippen LogP contribution in [0.3, 0.4) is 0 Å². The largest absolute Gasteiger partial charge is 0.481 e. The lowest BCUT2D eigenvalue weighted by Gasteiger charge is -2.25. The number of para-hydroxylation sites is 1. The summed E-state index contributed by atoms with van der Waals surface area (Å²) in [4.78, 5) is 12.9. The van der Waals surface area contributed by atoms with Crippen LogP contribution in [0.15, 0.2) is 30.3 Å². The predicted octanol–water partition coefficient (Wildman–Crippen LogP) is 2.13. The second-order valence-electron chi connectivity index (χ2n) is 3.92. The SMILES string of the molecule is O=C(O)CC1CCCN1c1ccccc1. The highest BCUT2D eigenvalue weighted by Crippen LogP contribution is 2.26. The molecule has 3 heteroatoms. The smallest absolute Gasteiger partial charge is 0.305 e. The fraction of sp³-hybridized carbons (Fsp3) is 0.417. The molecule has 0 aromatic heterocycles. The van der Waals surface area contributed by atoms with Crippen LogP contribution >= 0.6 is 0 Å². The number of anilines is 1. The molecule has 1 fully saturated rings. The summed E-state index contributed by atoms with van der Waals surface area (Å²) in [5.41, 5.74) is 1.14. The molecule has 0 aliphatic carbocycles. The van der Waals surface area contributed by atoms with Crippen LogP contribution in [0.2, 0.25) is 0 Å². The summed E-state index contributed by atoms with van der Waals surface area (Å²) in [5, 5.41) is 8.81. The molecule has 3 nitrogen and oxygen atoms in total. The zero-order valence-electron chi connectivity index (χ0n) is 8.60. The lowest BCUT2D eigenvalue weighted by molar-refractivity contribution is -0.137. The second-order valence-corrected chi connectivity index (χ2v) is 3.92. The van der Waals surface area contributed by atoms with Crippen LogP contribution in [0.4, 0.5) is 5.69 Å². The molecule has 0 saturated carbocycles. The topological polar surface area (TPSA) is 40.5 Å². The van der Waals surface area contributed by atoms with Crippen molar-refractivity contribution in [1.82, 2.24) is 0 Å². The van der Waals surface area contributed by atoms with Crippen molar-refractivity contribution in [2.24, 2.45) is 0 Å². The minimum Gasteiger partial charge on any atom is -0.481 e. The van der Waals surface area contributed by atoms with Gasteiger partial charge in [0.25, 0.3) is 0 Å². The molecule has 1 unspecified atom stereocenters. The Morgan fingerprint density at radius 1 is 1.40 bits per heavy atom. The molecule has 1 aromatic rings. The van der Waals surface area contributed by atoms with Gasteiger partial charge in [-0.3, -0.25) is 4.79 Å². The molecule has 1 aliphatic rings. The van der Waals surface area contributed by atoms with Crippen LogP contribution in [-0.2, 0) is 4.79 Å². The van der Waals surface area contributed by atoms with Gasteiger partial charge >= 0.3 is 5.97 Å². The van der Waals surface area contributed by atoms with Gasteiger partial charge in [0, 0.05) is 18.3 Å². The van der Waals surface area contributed by atoms with E-state index in [0.29, 0.717) is 0 Å². The minimum absolute atomic E-state index is 0.171.